The van der Waals surface area contributed by atoms with E-state index in [1.54, 1.807) is 4.90 Å². The second-order valence-corrected chi connectivity index (χ2v) is 6.53. The highest BCUT2D eigenvalue weighted by atomic mass is 16.4. The summed E-state index contributed by atoms with van der Waals surface area (Å²) in [4.78, 5) is 39.5. The number of aliphatic hydroxyl groups excluding tert-OH is 1. The molecule has 10 heteroatoms. The van der Waals surface area contributed by atoms with Crippen LogP contribution in [0.3, 0.4) is 0 Å². The molecule has 2 saturated heterocycles. The van der Waals surface area contributed by atoms with E-state index in [1.165, 1.54) is 18.7 Å². The number of likely N-dealkylation sites (tertiary alicyclic amines) is 2. The molecular weight excluding hydrogens is 330 g/mol. The summed E-state index contributed by atoms with van der Waals surface area (Å²) in [5, 5.41) is 19.6. The zero-order valence-corrected chi connectivity index (χ0v) is 14.1. The maximum absolute atomic E-state index is 12.5. The van der Waals surface area contributed by atoms with E-state index in [4.69, 9.17) is 4.42 Å². The van der Waals surface area contributed by atoms with Gasteiger partial charge in [0.1, 0.15) is 11.6 Å². The molecule has 3 heterocycles. The maximum Gasteiger partial charge on any atom is 0.250 e. The number of aliphatic hydroxyl groups is 1. The van der Waals surface area contributed by atoms with Gasteiger partial charge in [0.2, 0.25) is 24.1 Å². The molecule has 25 heavy (non-hydrogen) atoms. The summed E-state index contributed by atoms with van der Waals surface area (Å²) in [6, 6.07) is -0.847. The van der Waals surface area contributed by atoms with Crippen molar-refractivity contribution in [2.24, 2.45) is 0 Å². The number of carbonyl (C=O) groups is 3. The van der Waals surface area contributed by atoms with Crippen LogP contribution in [0.5, 0.6) is 0 Å². The third kappa shape index (κ3) is 2.97. The molecule has 3 rings (SSSR count). The van der Waals surface area contributed by atoms with Crippen LogP contribution >= 0.6 is 0 Å². The fraction of sp³-hybridized carbons (Fsp3) is 0.667. The van der Waals surface area contributed by atoms with E-state index in [2.05, 4.69) is 15.5 Å². The van der Waals surface area contributed by atoms with E-state index in [9.17, 15) is 19.5 Å². The number of amides is 3. The Labute approximate surface area is 144 Å². The molecule has 0 bridgehead atoms. The van der Waals surface area contributed by atoms with Gasteiger partial charge in [-0.25, -0.2) is 0 Å². The van der Waals surface area contributed by atoms with Crippen molar-refractivity contribution in [3.63, 3.8) is 0 Å². The third-order valence-corrected chi connectivity index (χ3v) is 4.78. The fourth-order valence-electron chi connectivity index (χ4n) is 3.61. The van der Waals surface area contributed by atoms with Crippen LogP contribution in [0.2, 0.25) is 0 Å². The first-order valence-electron chi connectivity index (χ1n) is 8.16. The van der Waals surface area contributed by atoms with Crippen LogP contribution in [0.15, 0.2) is 10.8 Å². The highest BCUT2D eigenvalue weighted by Gasteiger charge is 2.59. The predicted octanol–water partition coefficient (Wildman–Crippen LogP) is -1.17. The standard InChI is InChI=1S/C15H21N5O5/c1-9(21)12(13-18-16-8-25-13)17-11(23)6-19-7-15(14(19)24)4-3-5-20(15)10(2)22/h8-9,12,21H,3-7H2,1-2H3,(H,17,23)/t9?,12-,15?/m0/s1. The molecule has 1 spiro atoms. The van der Waals surface area contributed by atoms with Crippen LogP contribution in [0.4, 0.5) is 0 Å². The number of hydrogen-bond acceptors (Lipinski definition) is 7. The molecule has 0 aliphatic carbocycles. The molecule has 3 atom stereocenters. The average Bonchev–Trinajstić information content (AvgIpc) is 3.22. The zero-order chi connectivity index (χ0) is 18.2. The SMILES string of the molecule is CC(=O)N1CCCC12CN(CC(=O)N[C@H](c1nnco1)C(C)O)C2=O. The molecular formula is C15H21N5O5. The number of carbonyl (C=O) groups excluding carboxylic acids is 3. The van der Waals surface area contributed by atoms with Gasteiger partial charge in [-0.05, 0) is 19.8 Å². The molecule has 2 N–H and O–H groups in total. The Morgan fingerprint density at radius 2 is 2.28 bits per heavy atom. The van der Waals surface area contributed by atoms with Gasteiger partial charge in [-0.15, -0.1) is 10.2 Å². The van der Waals surface area contributed by atoms with E-state index in [-0.39, 0.29) is 24.2 Å². The number of nitrogens with zero attached hydrogens (tertiary/aromatic N) is 4. The second kappa shape index (κ2) is 6.43. The molecule has 0 aromatic carbocycles. The molecule has 2 aliphatic rings. The third-order valence-electron chi connectivity index (χ3n) is 4.78. The number of β-lactam (4-membered cyclic amide) rings is 1. The van der Waals surface area contributed by atoms with Gasteiger partial charge in [0.15, 0.2) is 0 Å². The molecule has 0 radical (unpaired) electrons. The predicted molar refractivity (Wildman–Crippen MR) is 82.8 cm³/mol. The van der Waals surface area contributed by atoms with E-state index in [0.717, 1.165) is 12.8 Å². The summed E-state index contributed by atoms with van der Waals surface area (Å²) in [6.45, 7) is 3.71. The Bertz CT molecular complexity index is 676. The number of rotatable bonds is 5. The van der Waals surface area contributed by atoms with Gasteiger partial charge in [-0.2, -0.15) is 0 Å². The van der Waals surface area contributed by atoms with Crippen LogP contribution in [0.1, 0.15) is 38.6 Å². The monoisotopic (exact) mass is 351 g/mol. The Hall–Kier alpha value is -2.49. The Morgan fingerprint density at radius 3 is 2.84 bits per heavy atom. The van der Waals surface area contributed by atoms with Crippen molar-refractivity contribution in [3.8, 4) is 0 Å². The molecule has 10 nitrogen and oxygen atoms in total. The summed E-state index contributed by atoms with van der Waals surface area (Å²) in [5.74, 6) is -0.685. The first kappa shape index (κ1) is 17.3. The van der Waals surface area contributed by atoms with Gasteiger partial charge < -0.3 is 24.6 Å². The highest BCUT2D eigenvalue weighted by molar-refractivity contribution is 5.99. The fourth-order valence-corrected chi connectivity index (χ4v) is 3.61. The van der Waals surface area contributed by atoms with E-state index >= 15 is 0 Å². The second-order valence-electron chi connectivity index (χ2n) is 6.53. The minimum atomic E-state index is -0.939. The molecule has 136 valence electrons. The van der Waals surface area contributed by atoms with Crippen molar-refractivity contribution in [3.05, 3.63) is 12.3 Å². The minimum Gasteiger partial charge on any atom is -0.426 e. The normalized spacial score (nSPS) is 25.0. The van der Waals surface area contributed by atoms with Gasteiger partial charge >= 0.3 is 0 Å². The van der Waals surface area contributed by atoms with Crippen molar-refractivity contribution >= 4 is 17.7 Å². The van der Waals surface area contributed by atoms with Crippen LogP contribution in [-0.4, -0.2) is 74.1 Å². The van der Waals surface area contributed by atoms with Crippen molar-refractivity contribution < 1.29 is 23.9 Å². The van der Waals surface area contributed by atoms with Gasteiger partial charge in [-0.3, -0.25) is 14.4 Å². The van der Waals surface area contributed by atoms with Gasteiger partial charge in [0, 0.05) is 13.5 Å². The van der Waals surface area contributed by atoms with E-state index < -0.39 is 23.6 Å². The van der Waals surface area contributed by atoms with Crippen LogP contribution in [0.25, 0.3) is 0 Å². The molecule has 2 unspecified atom stereocenters. The maximum atomic E-state index is 12.5. The molecule has 1 aromatic rings. The van der Waals surface area contributed by atoms with Gasteiger partial charge in [0.25, 0.3) is 5.91 Å². The average molecular weight is 351 g/mol. The zero-order valence-electron chi connectivity index (χ0n) is 14.1. The van der Waals surface area contributed by atoms with E-state index in [0.29, 0.717) is 19.5 Å². The summed E-state index contributed by atoms with van der Waals surface area (Å²) in [6.07, 6.45) is 1.58. The summed E-state index contributed by atoms with van der Waals surface area (Å²) in [5.41, 5.74) is -0.776. The number of nitrogens with one attached hydrogen (secondary N) is 1. The Morgan fingerprint density at radius 1 is 1.52 bits per heavy atom. The molecule has 1 aromatic heterocycles. The lowest BCUT2D eigenvalue weighted by molar-refractivity contribution is -0.168. The number of aromatic nitrogens is 2. The smallest absolute Gasteiger partial charge is 0.250 e. The highest BCUT2D eigenvalue weighted by Crippen LogP contribution is 2.38. The topological polar surface area (TPSA) is 129 Å². The van der Waals surface area contributed by atoms with Crippen molar-refractivity contribution in [2.45, 2.75) is 44.4 Å². The van der Waals surface area contributed by atoms with Gasteiger partial charge in [-0.1, -0.05) is 0 Å². The lowest BCUT2D eigenvalue weighted by Gasteiger charge is -2.50. The van der Waals surface area contributed by atoms with Crippen molar-refractivity contribution in [1.82, 2.24) is 25.3 Å². The minimum absolute atomic E-state index is 0.0910. The summed E-state index contributed by atoms with van der Waals surface area (Å²) >= 11 is 0. The molecule has 2 fully saturated rings. The number of hydrogen-bond donors (Lipinski definition) is 2. The van der Waals surface area contributed by atoms with E-state index in [1.807, 2.05) is 0 Å². The summed E-state index contributed by atoms with van der Waals surface area (Å²) in [7, 11) is 0. The Kier molecular flexibility index (Phi) is 4.46. The van der Waals surface area contributed by atoms with Crippen LogP contribution < -0.4 is 5.32 Å². The van der Waals surface area contributed by atoms with Crippen LogP contribution in [0, 0.1) is 0 Å². The molecule has 2 aliphatic heterocycles. The van der Waals surface area contributed by atoms with Gasteiger partial charge in [0.05, 0.1) is 19.2 Å². The molecule has 0 saturated carbocycles. The van der Waals surface area contributed by atoms with Crippen molar-refractivity contribution in [1.29, 1.82) is 0 Å². The lowest BCUT2D eigenvalue weighted by Crippen LogP contribution is -2.73. The first-order valence-corrected chi connectivity index (χ1v) is 8.16. The summed E-state index contributed by atoms with van der Waals surface area (Å²) < 4.78 is 5.02. The quantitative estimate of drug-likeness (QED) is 0.640. The van der Waals surface area contributed by atoms with Crippen LogP contribution in [-0.2, 0) is 14.4 Å². The lowest BCUT2D eigenvalue weighted by atomic mass is 9.85. The Balaban J connectivity index is 1.60. The first-order chi connectivity index (χ1) is 11.8. The molecule has 3 amide bonds. The largest absolute Gasteiger partial charge is 0.426 e. The van der Waals surface area contributed by atoms with Crippen molar-refractivity contribution in [2.75, 3.05) is 19.6 Å².